The summed E-state index contributed by atoms with van der Waals surface area (Å²) in [7, 11) is 1.71. The Balaban J connectivity index is 1.43. The Bertz CT molecular complexity index is 1270. The highest BCUT2D eigenvalue weighted by Crippen LogP contribution is 2.33. The third-order valence-corrected chi connectivity index (χ3v) is 6.38. The van der Waals surface area contributed by atoms with Crippen LogP contribution < -0.4 is 14.8 Å². The number of alkyl halides is 3. The minimum atomic E-state index is -4.86. The van der Waals surface area contributed by atoms with E-state index in [9.17, 15) is 23.1 Å². The molecule has 2 N–H and O–H groups in total. The fourth-order valence-electron chi connectivity index (χ4n) is 4.29. The quantitative estimate of drug-likeness (QED) is 0.336. The Morgan fingerprint density at radius 1 is 1.24 bits per heavy atom. The number of nitrogens with one attached hydrogen (secondary N) is 1. The van der Waals surface area contributed by atoms with Gasteiger partial charge in [0, 0.05) is 42.2 Å². The third-order valence-electron chi connectivity index (χ3n) is 5.92. The smallest absolute Gasteiger partial charge is 0.481 e. The first-order valence-corrected chi connectivity index (χ1v) is 12.5. The second-order valence-electron chi connectivity index (χ2n) is 8.80. The van der Waals surface area contributed by atoms with Gasteiger partial charge in [-0.2, -0.15) is 5.10 Å². The zero-order valence-electron chi connectivity index (χ0n) is 20.0. The second-order valence-corrected chi connectivity index (χ2v) is 9.72. The Kier molecular flexibility index (Phi) is 8.25. The number of aromatic nitrogens is 3. The third kappa shape index (κ3) is 7.61. The molecule has 0 saturated heterocycles. The largest absolute Gasteiger partial charge is 0.573 e. The lowest BCUT2D eigenvalue weighted by Crippen LogP contribution is -2.17. The van der Waals surface area contributed by atoms with Crippen LogP contribution in [0.4, 0.5) is 19.0 Å². The lowest BCUT2D eigenvalue weighted by atomic mass is 9.91. The summed E-state index contributed by atoms with van der Waals surface area (Å²) in [5.41, 5.74) is 3.06. The summed E-state index contributed by atoms with van der Waals surface area (Å²) in [6.45, 7) is 1.28. The summed E-state index contributed by atoms with van der Waals surface area (Å²) in [6.07, 6.45) is -2.27. The van der Waals surface area contributed by atoms with Gasteiger partial charge in [0.1, 0.15) is 11.6 Å². The van der Waals surface area contributed by atoms with Gasteiger partial charge in [0.05, 0.1) is 18.7 Å². The van der Waals surface area contributed by atoms with Crippen LogP contribution in [0.3, 0.4) is 0 Å². The van der Waals surface area contributed by atoms with Crippen LogP contribution in [-0.4, -0.2) is 45.4 Å². The van der Waals surface area contributed by atoms with Gasteiger partial charge in [-0.1, -0.05) is 22.0 Å². The molecule has 0 aliphatic carbocycles. The summed E-state index contributed by atoms with van der Waals surface area (Å²) in [5.74, 6) is -0.727. The fraction of sp³-hybridized carbons (Fsp3) is 0.400. The van der Waals surface area contributed by atoms with Gasteiger partial charge < -0.3 is 19.9 Å². The monoisotopic (exact) mass is 582 g/mol. The molecule has 3 aromatic rings. The van der Waals surface area contributed by atoms with Crippen molar-refractivity contribution < 1.29 is 32.5 Å². The van der Waals surface area contributed by atoms with E-state index < -0.39 is 24.0 Å². The number of carboxylic acids is 1. The van der Waals surface area contributed by atoms with Crippen LogP contribution >= 0.6 is 15.9 Å². The Labute approximate surface area is 219 Å². The van der Waals surface area contributed by atoms with E-state index >= 15 is 0 Å². The van der Waals surface area contributed by atoms with Gasteiger partial charge in [-0.3, -0.25) is 4.79 Å². The Hall–Kier alpha value is -3.28. The molecule has 8 nitrogen and oxygen atoms in total. The average molecular weight is 583 g/mol. The first-order chi connectivity index (χ1) is 17.6. The van der Waals surface area contributed by atoms with Crippen molar-refractivity contribution in [3.05, 3.63) is 63.4 Å². The van der Waals surface area contributed by atoms with Crippen LogP contribution in [0.1, 0.15) is 41.3 Å². The van der Waals surface area contributed by atoms with Crippen LogP contribution in [0.2, 0.25) is 0 Å². The molecule has 0 radical (unpaired) electrons. The molecule has 1 aliphatic heterocycles. The summed E-state index contributed by atoms with van der Waals surface area (Å²) in [5, 5.41) is 17.2. The minimum Gasteiger partial charge on any atom is -0.481 e. The predicted octanol–water partition coefficient (Wildman–Crippen LogP) is 5.26. The molecule has 0 fully saturated rings. The molecule has 0 amide bonds. The van der Waals surface area contributed by atoms with Gasteiger partial charge in [0.25, 0.3) is 0 Å². The van der Waals surface area contributed by atoms with Crippen LogP contribution in [-0.2, 0) is 31.1 Å². The number of carbonyl (C=O) groups is 1. The van der Waals surface area contributed by atoms with Gasteiger partial charge in [-0.25, -0.2) is 9.67 Å². The van der Waals surface area contributed by atoms with E-state index in [0.717, 1.165) is 30.9 Å². The Morgan fingerprint density at radius 3 is 2.81 bits per heavy atom. The van der Waals surface area contributed by atoms with Crippen molar-refractivity contribution in [3.63, 3.8) is 0 Å². The number of nitrogens with zero attached hydrogens (tertiary/aromatic N) is 3. The number of benzene rings is 1. The molecule has 0 spiro atoms. The van der Waals surface area contributed by atoms with E-state index in [1.54, 1.807) is 23.9 Å². The van der Waals surface area contributed by atoms with Gasteiger partial charge in [-0.05, 0) is 54.7 Å². The number of aryl methyl sites for hydroxylation is 2. The molecule has 0 bridgehead atoms. The van der Waals surface area contributed by atoms with E-state index in [-0.39, 0.29) is 12.8 Å². The summed E-state index contributed by atoms with van der Waals surface area (Å²) < 4.78 is 50.0. The van der Waals surface area contributed by atoms with E-state index in [1.165, 1.54) is 17.7 Å². The molecule has 1 aromatic carbocycles. The topological polar surface area (TPSA) is 98.5 Å². The number of rotatable bonds is 10. The van der Waals surface area contributed by atoms with Gasteiger partial charge >= 0.3 is 12.3 Å². The standard InChI is InChI=1S/C25H26BrF3N4O4/c1-33-22(36-8-6-19-5-4-15-3-2-7-30-24(15)31-19)14-20(32-33)10-17(12-23(34)35)16-9-18(26)13-21(11-16)37-25(27,28)29/h4-5,9,11,13-14,17H,2-3,6-8,10,12H2,1H3,(H,30,31)(H,34,35). The maximum absolute atomic E-state index is 12.7. The number of ether oxygens (including phenoxy) is 2. The molecule has 1 unspecified atom stereocenters. The number of hydrogen-bond donors (Lipinski definition) is 2. The molecule has 2 aromatic heterocycles. The SMILES string of the molecule is Cn1nc(CC(CC(=O)O)c2cc(Br)cc(OC(F)(F)F)c2)cc1OCCc1ccc2c(n1)NCCC2. The van der Waals surface area contributed by atoms with Crippen LogP contribution in [0.5, 0.6) is 11.6 Å². The first kappa shape index (κ1) is 26.8. The maximum Gasteiger partial charge on any atom is 0.573 e. The zero-order chi connectivity index (χ0) is 26.6. The molecular weight excluding hydrogens is 557 g/mol. The van der Waals surface area contributed by atoms with Crippen LogP contribution in [0.25, 0.3) is 0 Å². The summed E-state index contributed by atoms with van der Waals surface area (Å²) >= 11 is 3.18. The van der Waals surface area contributed by atoms with Crippen molar-refractivity contribution in [2.75, 3.05) is 18.5 Å². The minimum absolute atomic E-state index is 0.184. The maximum atomic E-state index is 12.7. The van der Waals surface area contributed by atoms with Crippen molar-refractivity contribution in [2.24, 2.45) is 7.05 Å². The second kappa shape index (κ2) is 11.4. The van der Waals surface area contributed by atoms with Crippen molar-refractivity contribution in [2.45, 2.75) is 44.4 Å². The van der Waals surface area contributed by atoms with Gasteiger partial charge in [0.15, 0.2) is 0 Å². The predicted molar refractivity (Wildman–Crippen MR) is 133 cm³/mol. The van der Waals surface area contributed by atoms with Crippen LogP contribution in [0, 0.1) is 0 Å². The molecule has 4 rings (SSSR count). The summed E-state index contributed by atoms with van der Waals surface area (Å²) in [6, 6.07) is 9.75. The lowest BCUT2D eigenvalue weighted by Gasteiger charge is -2.17. The number of fused-ring (bicyclic) bond motifs is 1. The number of carboxylic acid groups (broad SMARTS) is 1. The molecular formula is C25H26BrF3N4O4. The molecule has 1 aliphatic rings. The molecule has 1 atom stereocenters. The Morgan fingerprint density at radius 2 is 2.05 bits per heavy atom. The molecule has 0 saturated carbocycles. The average Bonchev–Trinajstić information content (AvgIpc) is 3.15. The summed E-state index contributed by atoms with van der Waals surface area (Å²) in [4.78, 5) is 16.2. The number of anilines is 1. The first-order valence-electron chi connectivity index (χ1n) is 11.7. The molecule has 37 heavy (non-hydrogen) atoms. The van der Waals surface area contributed by atoms with Crippen molar-refractivity contribution >= 4 is 27.7 Å². The lowest BCUT2D eigenvalue weighted by molar-refractivity contribution is -0.274. The van der Waals surface area contributed by atoms with Crippen molar-refractivity contribution in [1.82, 2.24) is 14.8 Å². The van der Waals surface area contributed by atoms with Gasteiger partial charge in [0.2, 0.25) is 5.88 Å². The molecule has 12 heteroatoms. The van der Waals surface area contributed by atoms with E-state index in [1.807, 2.05) is 6.07 Å². The highest BCUT2D eigenvalue weighted by molar-refractivity contribution is 9.10. The number of hydrogen-bond acceptors (Lipinski definition) is 6. The highest BCUT2D eigenvalue weighted by Gasteiger charge is 2.32. The number of aliphatic carboxylic acids is 1. The normalized spacial score (nSPS) is 14.0. The molecule has 198 valence electrons. The van der Waals surface area contributed by atoms with Crippen LogP contribution in [0.15, 0.2) is 40.9 Å². The zero-order valence-corrected chi connectivity index (χ0v) is 21.6. The van der Waals surface area contributed by atoms with E-state index in [4.69, 9.17) is 4.74 Å². The van der Waals surface area contributed by atoms with E-state index in [0.29, 0.717) is 34.6 Å². The number of pyridine rings is 1. The van der Waals surface area contributed by atoms with Gasteiger partial charge in [-0.15, -0.1) is 13.2 Å². The fourth-order valence-corrected chi connectivity index (χ4v) is 4.78. The highest BCUT2D eigenvalue weighted by atomic mass is 79.9. The molecule has 3 heterocycles. The van der Waals surface area contributed by atoms with Crippen molar-refractivity contribution in [1.29, 1.82) is 0 Å². The number of halogens is 4. The van der Waals surface area contributed by atoms with E-state index in [2.05, 4.69) is 42.1 Å². The van der Waals surface area contributed by atoms with Crippen molar-refractivity contribution in [3.8, 4) is 11.6 Å².